The summed E-state index contributed by atoms with van der Waals surface area (Å²) in [5.41, 5.74) is 7.58. The van der Waals surface area contributed by atoms with E-state index in [0.29, 0.717) is 6.10 Å². The highest BCUT2D eigenvalue weighted by Gasteiger charge is 2.23. The molecule has 0 aliphatic carbocycles. The zero-order valence-electron chi connectivity index (χ0n) is 11.2. The fraction of sp³-hybridized carbons (Fsp3) is 0.600. The van der Waals surface area contributed by atoms with E-state index < -0.39 is 0 Å². The van der Waals surface area contributed by atoms with Crippen LogP contribution in [0.15, 0.2) is 30.3 Å². The summed E-state index contributed by atoms with van der Waals surface area (Å²) in [5.74, 6) is 0. The Labute approximate surface area is 110 Å². The topological polar surface area (TPSA) is 38.5 Å². The second-order valence-electron chi connectivity index (χ2n) is 5.19. The molecule has 1 aromatic rings. The fourth-order valence-electron chi connectivity index (χ4n) is 2.58. The lowest BCUT2D eigenvalue weighted by Crippen LogP contribution is -2.37. The molecule has 2 atom stereocenters. The second kappa shape index (κ2) is 6.88. The first kappa shape index (κ1) is 13.5. The maximum absolute atomic E-state index is 6.21. The van der Waals surface area contributed by atoms with Gasteiger partial charge in [0, 0.05) is 32.8 Å². The number of hydrogen-bond donors (Lipinski definition) is 1. The van der Waals surface area contributed by atoms with Crippen LogP contribution in [0.3, 0.4) is 0 Å². The zero-order chi connectivity index (χ0) is 12.8. The Hall–Kier alpha value is -0.900. The lowest BCUT2D eigenvalue weighted by atomic mass is 10.1. The van der Waals surface area contributed by atoms with Crippen molar-refractivity contribution in [3.8, 4) is 0 Å². The van der Waals surface area contributed by atoms with Gasteiger partial charge in [-0.15, -0.1) is 0 Å². The van der Waals surface area contributed by atoms with E-state index in [9.17, 15) is 0 Å². The van der Waals surface area contributed by atoms with Crippen LogP contribution in [0.4, 0.5) is 0 Å². The molecule has 3 heteroatoms. The maximum Gasteiger partial charge on any atom is 0.0710 e. The van der Waals surface area contributed by atoms with Crippen molar-refractivity contribution in [2.75, 3.05) is 26.7 Å². The van der Waals surface area contributed by atoms with Crippen molar-refractivity contribution in [3.63, 3.8) is 0 Å². The average Bonchev–Trinajstić information content (AvgIpc) is 2.85. The van der Waals surface area contributed by atoms with Crippen LogP contribution >= 0.6 is 0 Å². The van der Waals surface area contributed by atoms with Crippen molar-refractivity contribution in [2.24, 2.45) is 5.73 Å². The molecule has 2 N–H and O–H groups in total. The molecule has 2 unspecified atom stereocenters. The largest absolute Gasteiger partial charge is 0.380 e. The third-order valence-corrected chi connectivity index (χ3v) is 3.70. The highest BCUT2D eigenvalue weighted by molar-refractivity contribution is 5.14. The number of rotatable bonds is 6. The molecule has 3 nitrogen and oxygen atoms in total. The van der Waals surface area contributed by atoms with Gasteiger partial charge in [0.15, 0.2) is 0 Å². The van der Waals surface area contributed by atoms with Crippen molar-refractivity contribution in [1.82, 2.24) is 4.90 Å². The molecule has 0 saturated carbocycles. The van der Waals surface area contributed by atoms with E-state index in [1.54, 1.807) is 7.11 Å². The molecule has 2 rings (SSSR count). The van der Waals surface area contributed by atoms with Crippen molar-refractivity contribution in [3.05, 3.63) is 35.9 Å². The number of benzene rings is 1. The Morgan fingerprint density at radius 3 is 2.83 bits per heavy atom. The molecule has 1 aromatic carbocycles. The minimum absolute atomic E-state index is 0.265. The Morgan fingerprint density at radius 2 is 2.17 bits per heavy atom. The van der Waals surface area contributed by atoms with Gasteiger partial charge in [-0.3, -0.25) is 4.90 Å². The molecule has 0 amide bonds. The summed E-state index contributed by atoms with van der Waals surface area (Å²) < 4.78 is 5.37. The van der Waals surface area contributed by atoms with Crippen molar-refractivity contribution in [2.45, 2.75) is 31.4 Å². The molecule has 100 valence electrons. The maximum atomic E-state index is 6.21. The molecular weight excluding hydrogens is 224 g/mol. The molecule has 0 radical (unpaired) electrons. The molecule has 18 heavy (non-hydrogen) atoms. The van der Waals surface area contributed by atoms with E-state index in [1.807, 2.05) is 0 Å². The first-order valence-electron chi connectivity index (χ1n) is 6.82. The minimum Gasteiger partial charge on any atom is -0.380 e. The molecule has 0 aromatic heterocycles. The molecule has 1 saturated heterocycles. The summed E-state index contributed by atoms with van der Waals surface area (Å²) >= 11 is 0. The quantitative estimate of drug-likeness (QED) is 0.832. The summed E-state index contributed by atoms with van der Waals surface area (Å²) in [7, 11) is 1.80. The summed E-state index contributed by atoms with van der Waals surface area (Å²) in [5, 5.41) is 0. The van der Waals surface area contributed by atoms with E-state index in [-0.39, 0.29) is 6.04 Å². The molecular formula is C15H24N2O. The summed E-state index contributed by atoms with van der Waals surface area (Å²) in [6.07, 6.45) is 3.68. The van der Waals surface area contributed by atoms with Crippen LogP contribution in [0, 0.1) is 0 Å². The SMILES string of the molecule is COC1CCN(CC(N)CCc2ccccc2)C1. The fourth-order valence-corrected chi connectivity index (χ4v) is 2.58. The highest BCUT2D eigenvalue weighted by Crippen LogP contribution is 2.13. The normalized spacial score (nSPS) is 22.2. The van der Waals surface area contributed by atoms with Gasteiger partial charge in [0.05, 0.1) is 6.10 Å². The highest BCUT2D eigenvalue weighted by atomic mass is 16.5. The third kappa shape index (κ3) is 4.09. The Kier molecular flexibility index (Phi) is 5.17. The number of likely N-dealkylation sites (tertiary alicyclic amines) is 1. The predicted molar refractivity (Wildman–Crippen MR) is 74.6 cm³/mol. The molecule has 1 heterocycles. The van der Waals surface area contributed by atoms with Crippen molar-refractivity contribution < 1.29 is 4.74 Å². The second-order valence-corrected chi connectivity index (χ2v) is 5.19. The van der Waals surface area contributed by atoms with E-state index >= 15 is 0 Å². The van der Waals surface area contributed by atoms with Gasteiger partial charge in [0.25, 0.3) is 0 Å². The molecule has 0 bridgehead atoms. The molecule has 1 fully saturated rings. The Bertz CT molecular complexity index is 342. The van der Waals surface area contributed by atoms with Gasteiger partial charge < -0.3 is 10.5 Å². The Balaban J connectivity index is 1.68. The van der Waals surface area contributed by atoms with Gasteiger partial charge in [-0.05, 0) is 24.8 Å². The van der Waals surface area contributed by atoms with E-state index in [1.165, 1.54) is 5.56 Å². The van der Waals surface area contributed by atoms with Gasteiger partial charge in [0.2, 0.25) is 0 Å². The first-order chi connectivity index (χ1) is 8.78. The number of hydrogen-bond acceptors (Lipinski definition) is 3. The molecule has 0 spiro atoms. The third-order valence-electron chi connectivity index (χ3n) is 3.70. The standard InChI is InChI=1S/C15H24N2O/c1-18-15-9-10-17(12-15)11-14(16)8-7-13-5-3-2-4-6-13/h2-6,14-15H,7-12,16H2,1H3. The number of methoxy groups -OCH3 is 1. The monoisotopic (exact) mass is 248 g/mol. The van der Waals surface area contributed by atoms with Crippen LogP contribution in [-0.4, -0.2) is 43.8 Å². The summed E-state index contributed by atoms with van der Waals surface area (Å²) in [6.45, 7) is 3.15. The number of ether oxygens (including phenoxy) is 1. The number of nitrogens with two attached hydrogens (primary N) is 1. The van der Waals surface area contributed by atoms with Gasteiger partial charge >= 0.3 is 0 Å². The Morgan fingerprint density at radius 1 is 1.39 bits per heavy atom. The van der Waals surface area contributed by atoms with Crippen LogP contribution in [0.25, 0.3) is 0 Å². The zero-order valence-corrected chi connectivity index (χ0v) is 11.2. The van der Waals surface area contributed by atoms with Crippen LogP contribution in [0.2, 0.25) is 0 Å². The minimum atomic E-state index is 0.265. The van der Waals surface area contributed by atoms with Gasteiger partial charge in [-0.25, -0.2) is 0 Å². The number of aryl methyl sites for hydroxylation is 1. The van der Waals surface area contributed by atoms with Gasteiger partial charge in [-0.1, -0.05) is 30.3 Å². The summed E-state index contributed by atoms with van der Waals surface area (Å²) in [6, 6.07) is 10.8. The molecule has 1 aliphatic heterocycles. The van der Waals surface area contributed by atoms with E-state index in [0.717, 1.165) is 38.9 Å². The average molecular weight is 248 g/mol. The van der Waals surface area contributed by atoms with Crippen LogP contribution < -0.4 is 5.73 Å². The van der Waals surface area contributed by atoms with Crippen LogP contribution in [0.5, 0.6) is 0 Å². The number of nitrogens with zero attached hydrogens (tertiary/aromatic N) is 1. The van der Waals surface area contributed by atoms with Crippen molar-refractivity contribution in [1.29, 1.82) is 0 Å². The summed E-state index contributed by atoms with van der Waals surface area (Å²) in [4.78, 5) is 2.42. The van der Waals surface area contributed by atoms with Gasteiger partial charge in [-0.2, -0.15) is 0 Å². The van der Waals surface area contributed by atoms with Gasteiger partial charge in [0.1, 0.15) is 0 Å². The van der Waals surface area contributed by atoms with E-state index in [2.05, 4.69) is 35.2 Å². The predicted octanol–water partition coefficient (Wildman–Crippen LogP) is 1.67. The lowest BCUT2D eigenvalue weighted by molar-refractivity contribution is 0.107. The lowest BCUT2D eigenvalue weighted by Gasteiger charge is -2.20. The molecule has 1 aliphatic rings. The van der Waals surface area contributed by atoms with Crippen LogP contribution in [-0.2, 0) is 11.2 Å². The van der Waals surface area contributed by atoms with Crippen molar-refractivity contribution >= 4 is 0 Å². The van der Waals surface area contributed by atoms with E-state index in [4.69, 9.17) is 10.5 Å². The first-order valence-corrected chi connectivity index (χ1v) is 6.82. The smallest absolute Gasteiger partial charge is 0.0710 e. The van der Waals surface area contributed by atoms with Crippen LogP contribution in [0.1, 0.15) is 18.4 Å².